The van der Waals surface area contributed by atoms with Gasteiger partial charge < -0.3 is 19.9 Å². The fraction of sp³-hybridized carbons (Fsp3) is 0.909. The van der Waals surface area contributed by atoms with Crippen LogP contribution in [-0.2, 0) is 19.0 Å². The Kier molecular flexibility index (Phi) is 10.6. The van der Waals surface area contributed by atoms with Gasteiger partial charge in [-0.2, -0.15) is 11.8 Å². The molecule has 0 rings (SSSR count). The fourth-order valence-electron chi connectivity index (χ4n) is 1.12. The molecule has 0 aromatic rings. The van der Waals surface area contributed by atoms with Crippen LogP contribution >= 0.6 is 11.8 Å². The smallest absolute Gasteiger partial charge is 0.323 e. The third-order valence-electron chi connectivity index (χ3n) is 1.85. The second kappa shape index (κ2) is 10.8. The second-order valence-corrected chi connectivity index (χ2v) is 4.31. The summed E-state index contributed by atoms with van der Waals surface area (Å²) >= 11 is 1.53. The molecule has 0 aromatic heterocycles. The molecule has 0 aliphatic rings. The lowest BCUT2D eigenvalue weighted by molar-refractivity contribution is -0.144. The summed E-state index contributed by atoms with van der Waals surface area (Å²) in [5.74, 6) is 0.814. The van der Waals surface area contributed by atoms with Crippen molar-refractivity contribution in [3.63, 3.8) is 0 Å². The van der Waals surface area contributed by atoms with Crippen LogP contribution in [-0.4, -0.2) is 49.6 Å². The van der Waals surface area contributed by atoms with Gasteiger partial charge in [-0.05, 0) is 20.8 Å². The number of hydrogen-bond donors (Lipinski definition) is 1. The van der Waals surface area contributed by atoms with E-state index in [1.807, 2.05) is 13.8 Å². The van der Waals surface area contributed by atoms with Crippen LogP contribution in [0.15, 0.2) is 0 Å². The fourth-order valence-corrected chi connectivity index (χ4v) is 2.04. The minimum absolute atomic E-state index is 0.232. The van der Waals surface area contributed by atoms with Crippen molar-refractivity contribution in [1.82, 2.24) is 0 Å². The predicted octanol–water partition coefficient (Wildman–Crippen LogP) is 1.01. The van der Waals surface area contributed by atoms with Crippen molar-refractivity contribution in [1.29, 1.82) is 0 Å². The van der Waals surface area contributed by atoms with Gasteiger partial charge in [0.1, 0.15) is 6.04 Å². The maximum absolute atomic E-state index is 11.2. The highest BCUT2D eigenvalue weighted by atomic mass is 32.2. The van der Waals surface area contributed by atoms with Crippen molar-refractivity contribution >= 4 is 17.7 Å². The Bertz CT molecular complexity index is 198. The van der Waals surface area contributed by atoms with Crippen LogP contribution < -0.4 is 5.73 Å². The number of esters is 1. The monoisotopic (exact) mass is 265 g/mol. The van der Waals surface area contributed by atoms with Crippen molar-refractivity contribution in [2.24, 2.45) is 5.73 Å². The van der Waals surface area contributed by atoms with Crippen LogP contribution in [0.1, 0.15) is 20.8 Å². The molecule has 0 saturated carbocycles. The van der Waals surface area contributed by atoms with Crippen molar-refractivity contribution in [3.05, 3.63) is 0 Å². The zero-order valence-electron chi connectivity index (χ0n) is 10.8. The molecule has 0 amide bonds. The van der Waals surface area contributed by atoms with Crippen LogP contribution in [0.2, 0.25) is 0 Å². The molecule has 6 heteroatoms. The molecule has 0 saturated heterocycles. The number of carbonyl (C=O) groups is 1. The summed E-state index contributed by atoms with van der Waals surface area (Å²) in [6.07, 6.45) is -0.232. The molecule has 0 aliphatic carbocycles. The van der Waals surface area contributed by atoms with Gasteiger partial charge >= 0.3 is 5.97 Å². The lowest BCUT2D eigenvalue weighted by Gasteiger charge is -2.17. The van der Waals surface area contributed by atoms with E-state index in [9.17, 15) is 4.79 Å². The van der Waals surface area contributed by atoms with Crippen molar-refractivity contribution in [2.75, 3.05) is 31.3 Å². The van der Waals surface area contributed by atoms with Crippen LogP contribution in [0, 0.1) is 0 Å². The van der Waals surface area contributed by atoms with E-state index in [-0.39, 0.29) is 12.3 Å². The van der Waals surface area contributed by atoms with E-state index >= 15 is 0 Å². The molecule has 1 unspecified atom stereocenters. The first kappa shape index (κ1) is 16.7. The first-order valence-corrected chi connectivity index (χ1v) is 7.04. The lowest BCUT2D eigenvalue weighted by atomic mass is 10.4. The number of ether oxygens (including phenoxy) is 3. The van der Waals surface area contributed by atoms with Gasteiger partial charge in [0.15, 0.2) is 6.29 Å². The highest BCUT2D eigenvalue weighted by molar-refractivity contribution is 7.99. The average Bonchev–Trinajstić information content (AvgIpc) is 2.29. The zero-order chi connectivity index (χ0) is 13.1. The van der Waals surface area contributed by atoms with E-state index in [0.717, 1.165) is 0 Å². The van der Waals surface area contributed by atoms with Gasteiger partial charge in [-0.25, -0.2) is 0 Å². The van der Waals surface area contributed by atoms with Gasteiger partial charge in [-0.1, -0.05) is 0 Å². The SMILES string of the molecule is CCOC(=O)C(N)CSCC(OCC)OCC. The number of thioether (sulfide) groups is 1. The lowest BCUT2D eigenvalue weighted by Crippen LogP contribution is -2.35. The summed E-state index contributed by atoms with van der Waals surface area (Å²) in [7, 11) is 0. The molecule has 0 aromatic carbocycles. The summed E-state index contributed by atoms with van der Waals surface area (Å²) in [5, 5.41) is 0. The van der Waals surface area contributed by atoms with Gasteiger partial charge in [-0.3, -0.25) is 4.79 Å². The van der Waals surface area contributed by atoms with E-state index in [2.05, 4.69) is 0 Å². The number of carbonyl (C=O) groups excluding carboxylic acids is 1. The van der Waals surface area contributed by atoms with Gasteiger partial charge in [0.05, 0.1) is 6.61 Å². The maximum atomic E-state index is 11.2. The zero-order valence-corrected chi connectivity index (χ0v) is 11.6. The highest BCUT2D eigenvalue weighted by Gasteiger charge is 2.16. The largest absolute Gasteiger partial charge is 0.465 e. The number of nitrogens with two attached hydrogens (primary N) is 1. The third kappa shape index (κ3) is 8.43. The molecule has 0 radical (unpaired) electrons. The summed E-state index contributed by atoms with van der Waals surface area (Å²) in [4.78, 5) is 11.2. The van der Waals surface area contributed by atoms with Gasteiger partial charge in [0, 0.05) is 24.7 Å². The topological polar surface area (TPSA) is 70.8 Å². The normalized spacial score (nSPS) is 12.8. The predicted molar refractivity (Wildman–Crippen MR) is 69.0 cm³/mol. The third-order valence-corrected chi connectivity index (χ3v) is 2.95. The molecule has 0 aliphatic heterocycles. The molecular weight excluding hydrogens is 242 g/mol. The van der Waals surface area contributed by atoms with Crippen LogP contribution in [0.25, 0.3) is 0 Å². The quantitative estimate of drug-likeness (QED) is 0.469. The molecular formula is C11H23NO4S. The van der Waals surface area contributed by atoms with Crippen LogP contribution in [0.4, 0.5) is 0 Å². The molecule has 1 atom stereocenters. The Balaban J connectivity index is 3.74. The van der Waals surface area contributed by atoms with E-state index in [1.165, 1.54) is 11.8 Å². The second-order valence-electron chi connectivity index (χ2n) is 3.24. The minimum atomic E-state index is -0.580. The Morgan fingerprint density at radius 3 is 2.18 bits per heavy atom. The van der Waals surface area contributed by atoms with E-state index in [4.69, 9.17) is 19.9 Å². The maximum Gasteiger partial charge on any atom is 0.323 e. The Labute approximate surface area is 107 Å². The highest BCUT2D eigenvalue weighted by Crippen LogP contribution is 2.09. The molecule has 0 spiro atoms. The first-order chi connectivity index (χ1) is 8.15. The van der Waals surface area contributed by atoms with E-state index < -0.39 is 6.04 Å². The molecule has 0 fully saturated rings. The van der Waals surface area contributed by atoms with Gasteiger partial charge in [-0.15, -0.1) is 0 Å². The molecule has 102 valence electrons. The van der Waals surface area contributed by atoms with Gasteiger partial charge in [0.2, 0.25) is 0 Å². The Morgan fingerprint density at radius 2 is 1.71 bits per heavy atom. The van der Waals surface area contributed by atoms with Crippen LogP contribution in [0.3, 0.4) is 0 Å². The summed E-state index contributed by atoms with van der Waals surface area (Å²) in [5.41, 5.74) is 5.66. The minimum Gasteiger partial charge on any atom is -0.465 e. The summed E-state index contributed by atoms with van der Waals surface area (Å²) in [6, 6.07) is -0.580. The molecule has 0 heterocycles. The van der Waals surface area contributed by atoms with Crippen LogP contribution in [0.5, 0.6) is 0 Å². The summed E-state index contributed by atoms with van der Waals surface area (Å²) in [6.45, 7) is 7.17. The Morgan fingerprint density at radius 1 is 1.12 bits per heavy atom. The molecule has 2 N–H and O–H groups in total. The van der Waals surface area contributed by atoms with Gasteiger partial charge in [0.25, 0.3) is 0 Å². The Hall–Kier alpha value is -0.300. The van der Waals surface area contributed by atoms with Crippen molar-refractivity contribution in [2.45, 2.75) is 33.1 Å². The average molecular weight is 265 g/mol. The molecule has 0 bridgehead atoms. The first-order valence-electron chi connectivity index (χ1n) is 5.88. The number of hydrogen-bond acceptors (Lipinski definition) is 6. The van der Waals surface area contributed by atoms with Crippen molar-refractivity contribution in [3.8, 4) is 0 Å². The standard InChI is InChI=1S/C11H23NO4S/c1-4-14-10(15-5-2)8-17-7-9(12)11(13)16-6-3/h9-10H,4-8,12H2,1-3H3. The van der Waals surface area contributed by atoms with E-state index in [0.29, 0.717) is 31.3 Å². The number of rotatable bonds is 10. The summed E-state index contributed by atoms with van der Waals surface area (Å²) < 4.78 is 15.6. The van der Waals surface area contributed by atoms with E-state index in [1.54, 1.807) is 6.92 Å². The molecule has 17 heavy (non-hydrogen) atoms. The molecule has 5 nitrogen and oxygen atoms in total. The van der Waals surface area contributed by atoms with Crippen molar-refractivity contribution < 1.29 is 19.0 Å².